The summed E-state index contributed by atoms with van der Waals surface area (Å²) in [6, 6.07) is 13.7. The number of aryl methyl sites for hydroxylation is 1. The van der Waals surface area contributed by atoms with Gasteiger partial charge in [0, 0.05) is 15.3 Å². The van der Waals surface area contributed by atoms with E-state index in [-0.39, 0.29) is 0 Å². The second kappa shape index (κ2) is 6.23. The van der Waals surface area contributed by atoms with Gasteiger partial charge in [0.15, 0.2) is 5.82 Å². The quantitative estimate of drug-likeness (QED) is 0.595. The zero-order chi connectivity index (χ0) is 15.6. The molecule has 0 spiro atoms. The number of nitrogens with zero attached hydrogens (tertiary/aromatic N) is 3. The molecule has 0 amide bonds. The maximum Gasteiger partial charge on any atom is 0.226 e. The van der Waals surface area contributed by atoms with E-state index in [1.165, 1.54) is 3.57 Å². The molecule has 3 aromatic rings. The van der Waals surface area contributed by atoms with E-state index < -0.39 is 0 Å². The molecule has 0 saturated carbocycles. The molecule has 0 N–H and O–H groups in total. The van der Waals surface area contributed by atoms with E-state index >= 15 is 0 Å². The summed E-state index contributed by atoms with van der Waals surface area (Å²) >= 11 is 2.28. The van der Waals surface area contributed by atoms with Gasteiger partial charge >= 0.3 is 0 Å². The fourth-order valence-corrected chi connectivity index (χ4v) is 3.07. The van der Waals surface area contributed by atoms with Gasteiger partial charge in [-0.3, -0.25) is 4.98 Å². The molecule has 1 aliphatic rings. The molecular formula is C18H14IN3O. The molecule has 0 unspecified atom stereocenters. The Morgan fingerprint density at radius 3 is 2.61 bits per heavy atom. The summed E-state index contributed by atoms with van der Waals surface area (Å²) in [5.41, 5.74) is 2.99. The first-order valence-electron chi connectivity index (χ1n) is 7.54. The highest BCUT2D eigenvalue weighted by atomic mass is 127. The summed E-state index contributed by atoms with van der Waals surface area (Å²) in [6.45, 7) is 0. The molecule has 2 aromatic heterocycles. The first kappa shape index (κ1) is 14.6. The van der Waals surface area contributed by atoms with Crippen LogP contribution in [0.3, 0.4) is 0 Å². The van der Waals surface area contributed by atoms with Gasteiger partial charge in [-0.15, -0.1) is 0 Å². The number of benzene rings is 1. The molecule has 0 atom stereocenters. The summed E-state index contributed by atoms with van der Waals surface area (Å²) in [5, 5.41) is 0. The Hall–Kier alpha value is -2.02. The Balaban J connectivity index is 1.76. The van der Waals surface area contributed by atoms with Gasteiger partial charge in [-0.1, -0.05) is 6.07 Å². The van der Waals surface area contributed by atoms with E-state index in [0.29, 0.717) is 11.7 Å². The Morgan fingerprint density at radius 2 is 1.83 bits per heavy atom. The molecule has 0 saturated heterocycles. The minimum absolute atomic E-state index is 0.631. The van der Waals surface area contributed by atoms with Crippen LogP contribution in [0.15, 0.2) is 48.7 Å². The molecule has 5 heteroatoms. The number of hydrogen-bond donors (Lipinski definition) is 0. The number of ether oxygens (including phenoxy) is 1. The first-order valence-corrected chi connectivity index (χ1v) is 8.62. The van der Waals surface area contributed by atoms with E-state index in [0.717, 1.165) is 42.0 Å². The van der Waals surface area contributed by atoms with Crippen LogP contribution < -0.4 is 4.74 Å². The smallest absolute Gasteiger partial charge is 0.226 e. The van der Waals surface area contributed by atoms with Crippen molar-refractivity contribution in [1.29, 1.82) is 0 Å². The number of hydrogen-bond acceptors (Lipinski definition) is 4. The zero-order valence-corrected chi connectivity index (χ0v) is 14.5. The SMILES string of the molecule is Ic1ccc(Oc2nc(-c3ccccn3)nc3c2CCC3)cc1. The second-order valence-electron chi connectivity index (χ2n) is 5.40. The van der Waals surface area contributed by atoms with Crippen molar-refractivity contribution in [2.45, 2.75) is 19.3 Å². The molecule has 4 nitrogen and oxygen atoms in total. The summed E-state index contributed by atoms with van der Waals surface area (Å²) in [4.78, 5) is 13.7. The molecular weight excluding hydrogens is 401 g/mol. The zero-order valence-electron chi connectivity index (χ0n) is 12.4. The Morgan fingerprint density at radius 1 is 0.957 bits per heavy atom. The van der Waals surface area contributed by atoms with Crippen LogP contribution in [0.1, 0.15) is 17.7 Å². The van der Waals surface area contributed by atoms with Gasteiger partial charge < -0.3 is 4.74 Å². The summed E-state index contributed by atoms with van der Waals surface area (Å²) in [7, 11) is 0. The van der Waals surface area contributed by atoms with Gasteiger partial charge in [-0.25, -0.2) is 4.98 Å². The van der Waals surface area contributed by atoms with Crippen molar-refractivity contribution in [3.63, 3.8) is 0 Å². The van der Waals surface area contributed by atoms with Crippen LogP contribution in [0, 0.1) is 3.57 Å². The number of pyridine rings is 1. The molecule has 0 radical (unpaired) electrons. The van der Waals surface area contributed by atoms with Crippen molar-refractivity contribution in [3.05, 3.63) is 63.5 Å². The summed E-state index contributed by atoms with van der Waals surface area (Å²) in [6.07, 6.45) is 4.79. The monoisotopic (exact) mass is 415 g/mol. The van der Waals surface area contributed by atoms with E-state index in [1.54, 1.807) is 6.20 Å². The second-order valence-corrected chi connectivity index (χ2v) is 6.65. The van der Waals surface area contributed by atoms with Crippen molar-refractivity contribution in [1.82, 2.24) is 15.0 Å². The molecule has 2 heterocycles. The van der Waals surface area contributed by atoms with Crippen LogP contribution in [0.5, 0.6) is 11.6 Å². The predicted molar refractivity (Wildman–Crippen MR) is 96.5 cm³/mol. The fraction of sp³-hybridized carbons (Fsp3) is 0.167. The molecule has 0 fully saturated rings. The van der Waals surface area contributed by atoms with E-state index in [1.807, 2.05) is 42.5 Å². The highest BCUT2D eigenvalue weighted by molar-refractivity contribution is 14.1. The van der Waals surface area contributed by atoms with Gasteiger partial charge in [0.2, 0.25) is 5.88 Å². The fourth-order valence-electron chi connectivity index (χ4n) is 2.71. The number of rotatable bonds is 3. The highest BCUT2D eigenvalue weighted by Gasteiger charge is 2.21. The van der Waals surface area contributed by atoms with Gasteiger partial charge in [-0.2, -0.15) is 4.98 Å². The minimum atomic E-state index is 0.631. The molecule has 114 valence electrons. The summed E-state index contributed by atoms with van der Waals surface area (Å²) < 4.78 is 7.23. The number of halogens is 1. The lowest BCUT2D eigenvalue weighted by Gasteiger charge is -2.11. The van der Waals surface area contributed by atoms with Crippen LogP contribution >= 0.6 is 22.6 Å². The van der Waals surface area contributed by atoms with Crippen molar-refractivity contribution in [2.75, 3.05) is 0 Å². The number of fused-ring (bicyclic) bond motifs is 1. The maximum absolute atomic E-state index is 6.06. The van der Waals surface area contributed by atoms with E-state index in [9.17, 15) is 0 Å². The van der Waals surface area contributed by atoms with Crippen molar-refractivity contribution in [2.24, 2.45) is 0 Å². The first-order chi connectivity index (χ1) is 11.3. The number of aromatic nitrogens is 3. The molecule has 0 bridgehead atoms. The van der Waals surface area contributed by atoms with Gasteiger partial charge in [0.05, 0.1) is 5.69 Å². The molecule has 4 rings (SSSR count). The van der Waals surface area contributed by atoms with E-state index in [2.05, 4.69) is 37.5 Å². The van der Waals surface area contributed by atoms with E-state index in [4.69, 9.17) is 4.74 Å². The third-order valence-electron chi connectivity index (χ3n) is 3.82. The van der Waals surface area contributed by atoms with Crippen LogP contribution in [0.25, 0.3) is 11.5 Å². The molecule has 1 aromatic carbocycles. The van der Waals surface area contributed by atoms with Crippen molar-refractivity contribution in [3.8, 4) is 23.1 Å². The molecule has 23 heavy (non-hydrogen) atoms. The van der Waals surface area contributed by atoms with Gasteiger partial charge in [0.25, 0.3) is 0 Å². The lowest BCUT2D eigenvalue weighted by molar-refractivity contribution is 0.456. The predicted octanol–water partition coefficient (Wildman–Crippen LogP) is 4.42. The van der Waals surface area contributed by atoms with Gasteiger partial charge in [-0.05, 0) is 78.3 Å². The standard InChI is InChI=1S/C18H14IN3O/c19-12-7-9-13(10-8-12)23-18-14-4-3-6-15(14)21-17(22-18)16-5-1-2-11-20-16/h1-2,5,7-11H,3-4,6H2. The Bertz CT molecular complexity index is 835. The van der Waals surface area contributed by atoms with Gasteiger partial charge in [0.1, 0.15) is 11.4 Å². The average molecular weight is 415 g/mol. The largest absolute Gasteiger partial charge is 0.439 e. The van der Waals surface area contributed by atoms with Crippen LogP contribution in [-0.4, -0.2) is 15.0 Å². The molecule has 0 aliphatic heterocycles. The minimum Gasteiger partial charge on any atom is -0.439 e. The topological polar surface area (TPSA) is 47.9 Å². The van der Waals surface area contributed by atoms with Crippen molar-refractivity contribution >= 4 is 22.6 Å². The Kier molecular flexibility index (Phi) is 3.95. The van der Waals surface area contributed by atoms with Crippen LogP contribution in [0.2, 0.25) is 0 Å². The maximum atomic E-state index is 6.06. The van der Waals surface area contributed by atoms with Crippen LogP contribution in [-0.2, 0) is 12.8 Å². The summed E-state index contributed by atoms with van der Waals surface area (Å²) in [5.74, 6) is 2.09. The third kappa shape index (κ3) is 3.06. The third-order valence-corrected chi connectivity index (χ3v) is 4.54. The lowest BCUT2D eigenvalue weighted by atomic mass is 10.2. The average Bonchev–Trinajstić information content (AvgIpc) is 3.06. The highest BCUT2D eigenvalue weighted by Crippen LogP contribution is 2.33. The van der Waals surface area contributed by atoms with Crippen molar-refractivity contribution < 1.29 is 4.74 Å². The Labute approximate surface area is 148 Å². The normalized spacial score (nSPS) is 12.9. The lowest BCUT2D eigenvalue weighted by Crippen LogP contribution is -2.01. The van der Waals surface area contributed by atoms with Crippen LogP contribution in [0.4, 0.5) is 0 Å². The molecule has 1 aliphatic carbocycles.